The van der Waals surface area contributed by atoms with Gasteiger partial charge in [0.2, 0.25) is 10.0 Å². The molecule has 0 aliphatic carbocycles. The summed E-state index contributed by atoms with van der Waals surface area (Å²) in [6.45, 7) is 4.57. The highest BCUT2D eigenvalue weighted by Crippen LogP contribution is 2.24. The fraction of sp³-hybridized carbons (Fsp3) is 0.579. The molecule has 0 bridgehead atoms. The lowest BCUT2D eigenvalue weighted by atomic mass is 9.98. The number of rotatable bonds is 8. The first-order valence-electron chi connectivity index (χ1n) is 9.62. The average Bonchev–Trinajstić information content (AvgIpc) is 3.17. The molecular formula is C19H28N4O4S. The van der Waals surface area contributed by atoms with E-state index in [1.807, 2.05) is 6.20 Å². The van der Waals surface area contributed by atoms with Crippen LogP contribution in [0.15, 0.2) is 41.4 Å². The predicted octanol–water partition coefficient (Wildman–Crippen LogP) is 1.68. The lowest BCUT2D eigenvalue weighted by Gasteiger charge is -2.36. The highest BCUT2D eigenvalue weighted by Gasteiger charge is 2.33. The minimum absolute atomic E-state index is 0.0543. The molecule has 1 aromatic heterocycles. The van der Waals surface area contributed by atoms with Crippen LogP contribution in [0.1, 0.15) is 44.7 Å². The number of hydrogen-bond donors (Lipinski definition) is 2. The lowest BCUT2D eigenvalue weighted by Crippen LogP contribution is -2.50. The largest absolute Gasteiger partial charge is 0.394 e. The van der Waals surface area contributed by atoms with Crippen molar-refractivity contribution in [3.63, 3.8) is 0 Å². The van der Waals surface area contributed by atoms with Crippen molar-refractivity contribution in [1.82, 2.24) is 19.7 Å². The quantitative estimate of drug-likeness (QED) is 0.688. The number of nitrogens with one attached hydrogen (secondary N) is 1. The van der Waals surface area contributed by atoms with Crippen LogP contribution >= 0.6 is 0 Å². The Bertz CT molecular complexity index is 854. The van der Waals surface area contributed by atoms with Gasteiger partial charge >= 0.3 is 0 Å². The van der Waals surface area contributed by atoms with Crippen molar-refractivity contribution in [2.75, 3.05) is 6.61 Å². The molecule has 0 spiro atoms. The van der Waals surface area contributed by atoms with Crippen LogP contribution in [0.2, 0.25) is 0 Å². The third-order valence-electron chi connectivity index (χ3n) is 4.98. The summed E-state index contributed by atoms with van der Waals surface area (Å²) in [5.74, 6) is 0.330. The molecule has 0 unspecified atom stereocenters. The zero-order valence-corrected chi connectivity index (χ0v) is 17.0. The zero-order chi connectivity index (χ0) is 20.1. The molecule has 0 radical (unpaired) electrons. The van der Waals surface area contributed by atoms with E-state index in [2.05, 4.69) is 28.9 Å². The van der Waals surface area contributed by atoms with Crippen LogP contribution in [0.5, 0.6) is 0 Å². The second kappa shape index (κ2) is 9.13. The molecule has 9 heteroatoms. The van der Waals surface area contributed by atoms with E-state index in [1.165, 1.54) is 0 Å². The number of nitrogens with zero attached hydrogens (tertiary/aromatic N) is 3. The fourth-order valence-corrected chi connectivity index (χ4v) is 4.63. The van der Waals surface area contributed by atoms with E-state index >= 15 is 0 Å². The maximum Gasteiger partial charge on any atom is 0.240 e. The summed E-state index contributed by atoms with van der Waals surface area (Å²) in [7, 11) is -3.64. The minimum atomic E-state index is -3.64. The van der Waals surface area contributed by atoms with Crippen LogP contribution in [0.3, 0.4) is 0 Å². The number of aryl methyl sites for hydroxylation is 1. The summed E-state index contributed by atoms with van der Waals surface area (Å²) >= 11 is 0. The standard InChI is InChI=1S/C19H28N4O4S/c1-14(2)18-12-23(22-20-18)11-10-15-8-9-17(19(13-24)27-15)21-28(25,26)16-6-4-3-5-7-16/h3-7,12,14-15,17,19,21,24H,8-11,13H2,1-2H3/t15-,17-,19-/m1/s1. The Balaban J connectivity index is 1.56. The summed E-state index contributed by atoms with van der Waals surface area (Å²) in [6.07, 6.45) is 3.37. The van der Waals surface area contributed by atoms with Crippen molar-refractivity contribution >= 4 is 10.0 Å². The zero-order valence-electron chi connectivity index (χ0n) is 16.2. The molecule has 3 atom stereocenters. The molecule has 8 nitrogen and oxygen atoms in total. The van der Waals surface area contributed by atoms with Crippen LogP contribution in [-0.4, -0.2) is 53.4 Å². The van der Waals surface area contributed by atoms with Crippen molar-refractivity contribution in [3.05, 3.63) is 42.2 Å². The molecule has 2 heterocycles. The lowest BCUT2D eigenvalue weighted by molar-refractivity contribution is -0.0891. The van der Waals surface area contributed by atoms with Gasteiger partial charge in [-0.05, 0) is 37.3 Å². The normalized spacial score (nSPS) is 23.2. The van der Waals surface area contributed by atoms with Crippen LogP contribution < -0.4 is 4.72 Å². The Morgan fingerprint density at radius 1 is 1.29 bits per heavy atom. The van der Waals surface area contributed by atoms with Gasteiger partial charge in [-0.15, -0.1) is 5.10 Å². The monoisotopic (exact) mass is 408 g/mol. The van der Waals surface area contributed by atoms with E-state index in [-0.39, 0.29) is 17.6 Å². The fourth-order valence-electron chi connectivity index (χ4n) is 3.31. The molecule has 1 fully saturated rings. The number of benzene rings is 1. The summed E-state index contributed by atoms with van der Waals surface area (Å²) in [6, 6.07) is 7.77. The maximum absolute atomic E-state index is 12.5. The summed E-state index contributed by atoms with van der Waals surface area (Å²) in [5, 5.41) is 18.0. The summed E-state index contributed by atoms with van der Waals surface area (Å²) < 4.78 is 35.5. The van der Waals surface area contributed by atoms with Crippen LogP contribution in [0.4, 0.5) is 0 Å². The molecule has 1 aromatic carbocycles. The molecule has 0 amide bonds. The van der Waals surface area contributed by atoms with E-state index in [9.17, 15) is 13.5 Å². The van der Waals surface area contributed by atoms with Crippen LogP contribution in [-0.2, 0) is 21.3 Å². The number of aliphatic hydroxyl groups is 1. The third kappa shape index (κ3) is 5.16. The Kier molecular flexibility index (Phi) is 6.82. The Hall–Kier alpha value is -1.81. The minimum Gasteiger partial charge on any atom is -0.394 e. The van der Waals surface area contributed by atoms with Gasteiger partial charge in [0, 0.05) is 12.7 Å². The average molecular weight is 409 g/mol. The SMILES string of the molecule is CC(C)c1cn(CC[C@H]2CC[C@@H](NS(=O)(=O)c3ccccc3)[C@@H](CO)O2)nn1. The Labute approximate surface area is 166 Å². The van der Waals surface area contributed by atoms with Gasteiger partial charge in [0.25, 0.3) is 0 Å². The molecule has 28 heavy (non-hydrogen) atoms. The Morgan fingerprint density at radius 3 is 2.68 bits per heavy atom. The van der Waals surface area contributed by atoms with Crippen molar-refractivity contribution in [3.8, 4) is 0 Å². The maximum atomic E-state index is 12.5. The molecule has 1 aliphatic rings. The van der Waals surface area contributed by atoms with Gasteiger partial charge in [0.05, 0.1) is 35.4 Å². The smallest absolute Gasteiger partial charge is 0.240 e. The molecule has 2 N–H and O–H groups in total. The predicted molar refractivity (Wildman–Crippen MR) is 104 cm³/mol. The van der Waals surface area contributed by atoms with Crippen molar-refractivity contribution in [2.24, 2.45) is 0 Å². The molecule has 1 saturated heterocycles. The molecule has 1 aliphatic heterocycles. The van der Waals surface area contributed by atoms with E-state index in [1.54, 1.807) is 35.0 Å². The van der Waals surface area contributed by atoms with Crippen LogP contribution in [0, 0.1) is 0 Å². The number of ether oxygens (including phenoxy) is 1. The molecule has 154 valence electrons. The van der Waals surface area contributed by atoms with Crippen molar-refractivity contribution < 1.29 is 18.3 Å². The summed E-state index contributed by atoms with van der Waals surface area (Å²) in [5.41, 5.74) is 0.952. The second-order valence-corrected chi connectivity index (χ2v) is 9.16. The number of aliphatic hydroxyl groups excluding tert-OH is 1. The first-order valence-corrected chi connectivity index (χ1v) is 11.1. The van der Waals surface area contributed by atoms with E-state index in [0.717, 1.165) is 12.1 Å². The van der Waals surface area contributed by atoms with E-state index in [4.69, 9.17) is 4.74 Å². The van der Waals surface area contributed by atoms with Gasteiger partial charge in [-0.3, -0.25) is 4.68 Å². The van der Waals surface area contributed by atoms with Gasteiger partial charge in [0.15, 0.2) is 0 Å². The summed E-state index contributed by atoms with van der Waals surface area (Å²) in [4.78, 5) is 0.209. The highest BCUT2D eigenvalue weighted by atomic mass is 32.2. The van der Waals surface area contributed by atoms with Crippen molar-refractivity contribution in [2.45, 2.75) is 68.7 Å². The number of sulfonamides is 1. The topological polar surface area (TPSA) is 106 Å². The molecule has 2 aromatic rings. The third-order valence-corrected chi connectivity index (χ3v) is 6.49. The van der Waals surface area contributed by atoms with Crippen LogP contribution in [0.25, 0.3) is 0 Å². The highest BCUT2D eigenvalue weighted by molar-refractivity contribution is 7.89. The number of hydrogen-bond acceptors (Lipinski definition) is 6. The second-order valence-electron chi connectivity index (χ2n) is 7.45. The van der Waals surface area contributed by atoms with E-state index in [0.29, 0.717) is 25.3 Å². The van der Waals surface area contributed by atoms with Gasteiger partial charge < -0.3 is 9.84 Å². The number of aromatic nitrogens is 3. The van der Waals surface area contributed by atoms with Gasteiger partial charge in [-0.25, -0.2) is 13.1 Å². The van der Waals surface area contributed by atoms with Gasteiger partial charge in [-0.2, -0.15) is 0 Å². The first-order chi connectivity index (χ1) is 13.4. The van der Waals surface area contributed by atoms with Crippen molar-refractivity contribution in [1.29, 1.82) is 0 Å². The molecule has 3 rings (SSSR count). The molecule has 0 saturated carbocycles. The molecular weight excluding hydrogens is 380 g/mol. The Morgan fingerprint density at radius 2 is 2.04 bits per heavy atom. The van der Waals surface area contributed by atoms with E-state index < -0.39 is 22.2 Å². The van der Waals surface area contributed by atoms with Gasteiger partial charge in [0.1, 0.15) is 0 Å². The first kappa shape index (κ1) is 20.9. The van der Waals surface area contributed by atoms with Gasteiger partial charge in [-0.1, -0.05) is 37.3 Å².